The summed E-state index contributed by atoms with van der Waals surface area (Å²) in [7, 11) is 0. The highest BCUT2D eigenvalue weighted by molar-refractivity contribution is 14.0. The number of halogens is 2. The van der Waals surface area contributed by atoms with Gasteiger partial charge in [0.05, 0.1) is 0 Å². The van der Waals surface area contributed by atoms with Crippen LogP contribution >= 0.6 is 39.9 Å². The molecule has 0 bridgehead atoms. The quantitative estimate of drug-likeness (QED) is 0.422. The predicted molar refractivity (Wildman–Crippen MR) is 53.4 cm³/mol. The maximum Gasteiger partial charge on any atom is 0.00313 e. The second-order valence-corrected chi connectivity index (χ2v) is 2.54. The average molecular weight is 293 g/mol. The van der Waals surface area contributed by atoms with Crippen LogP contribution in [-0.2, 0) is 0 Å². The van der Waals surface area contributed by atoms with Gasteiger partial charge in [-0.25, -0.2) is 0 Å². The lowest BCUT2D eigenvalue weighted by atomic mass is 10.2. The molecule has 0 aromatic rings. The average Bonchev–Trinajstić information content (AvgIpc) is 1.69. The summed E-state index contributed by atoms with van der Waals surface area (Å²) >= 11 is 3.38. The molecule has 0 aromatic heterocycles. The van der Waals surface area contributed by atoms with Gasteiger partial charge in [0.2, 0.25) is 0 Å². The first kappa shape index (κ1) is 11.9. The largest absolute Gasteiger partial charge is 0.107 e. The molecular formula is C6H14BrI. The van der Waals surface area contributed by atoms with Gasteiger partial charge in [-0.1, -0.05) is 42.1 Å². The van der Waals surface area contributed by atoms with Crippen LogP contribution < -0.4 is 0 Å². The first-order chi connectivity index (χ1) is 3.41. The fourth-order valence-corrected chi connectivity index (χ4v) is 0.918. The summed E-state index contributed by atoms with van der Waals surface area (Å²) in [4.78, 5) is 0. The van der Waals surface area contributed by atoms with Crippen LogP contribution in [0, 0.1) is 0 Å². The molecule has 0 aliphatic carbocycles. The van der Waals surface area contributed by atoms with Gasteiger partial charge in [-0.05, 0) is 6.42 Å². The summed E-state index contributed by atoms with van der Waals surface area (Å²) in [5, 5.41) is 1.17. The van der Waals surface area contributed by atoms with Crippen molar-refractivity contribution in [2.45, 2.75) is 32.6 Å². The Balaban J connectivity index is 0. The van der Waals surface area contributed by atoms with Crippen LogP contribution in [0.3, 0.4) is 0 Å². The van der Waals surface area contributed by atoms with E-state index >= 15 is 0 Å². The van der Waals surface area contributed by atoms with Gasteiger partial charge in [0.25, 0.3) is 0 Å². The first-order valence-corrected chi connectivity index (χ1v) is 4.10. The Morgan fingerprint density at radius 2 is 1.75 bits per heavy atom. The Labute approximate surface area is 77.6 Å². The Morgan fingerprint density at radius 1 is 1.12 bits per heavy atom. The second kappa shape index (κ2) is 11.1. The van der Waals surface area contributed by atoms with Crippen LogP contribution in [0.5, 0.6) is 0 Å². The van der Waals surface area contributed by atoms with Crippen molar-refractivity contribution in [3.8, 4) is 0 Å². The zero-order valence-corrected chi connectivity index (χ0v) is 9.24. The van der Waals surface area contributed by atoms with Crippen molar-refractivity contribution in [3.05, 3.63) is 0 Å². The number of hydrogen-bond donors (Lipinski definition) is 0. The summed E-state index contributed by atoms with van der Waals surface area (Å²) in [5.41, 5.74) is 0. The number of rotatable bonds is 4. The van der Waals surface area contributed by atoms with Gasteiger partial charge in [-0.3, -0.25) is 0 Å². The molecule has 0 heterocycles. The highest BCUT2D eigenvalue weighted by atomic mass is 127. The molecule has 0 saturated heterocycles. The zero-order valence-electron chi connectivity index (χ0n) is 5.32. The molecular weight excluding hydrogens is 279 g/mol. The lowest BCUT2D eigenvalue weighted by Gasteiger charge is -1.89. The van der Waals surface area contributed by atoms with E-state index in [2.05, 4.69) is 22.9 Å². The van der Waals surface area contributed by atoms with E-state index in [9.17, 15) is 0 Å². The molecule has 0 aliphatic heterocycles. The van der Waals surface area contributed by atoms with Gasteiger partial charge in [0, 0.05) is 5.33 Å². The molecule has 2 heteroatoms. The number of unbranched alkanes of at least 4 members (excludes halogenated alkanes) is 3. The van der Waals surface area contributed by atoms with Gasteiger partial charge in [0.1, 0.15) is 0 Å². The van der Waals surface area contributed by atoms with E-state index in [1.807, 2.05) is 0 Å². The van der Waals surface area contributed by atoms with Gasteiger partial charge >= 0.3 is 0 Å². The summed E-state index contributed by atoms with van der Waals surface area (Å²) in [6.45, 7) is 2.23. The van der Waals surface area contributed by atoms with Crippen molar-refractivity contribution in [1.29, 1.82) is 0 Å². The summed E-state index contributed by atoms with van der Waals surface area (Å²) in [6.07, 6.45) is 5.47. The number of alkyl halides is 1. The van der Waals surface area contributed by atoms with Crippen LogP contribution in [0.4, 0.5) is 0 Å². The van der Waals surface area contributed by atoms with E-state index in [0.717, 1.165) is 0 Å². The topological polar surface area (TPSA) is 0 Å². The summed E-state index contributed by atoms with van der Waals surface area (Å²) in [5.74, 6) is 0. The maximum absolute atomic E-state index is 3.38. The molecule has 0 fully saturated rings. The highest BCUT2D eigenvalue weighted by Crippen LogP contribution is 1.99. The molecule has 0 N–H and O–H groups in total. The van der Waals surface area contributed by atoms with Crippen LogP contribution in [0.25, 0.3) is 0 Å². The van der Waals surface area contributed by atoms with Crippen molar-refractivity contribution in [1.82, 2.24) is 0 Å². The van der Waals surface area contributed by atoms with E-state index in [-0.39, 0.29) is 24.0 Å². The third-order valence-electron chi connectivity index (χ3n) is 0.987. The van der Waals surface area contributed by atoms with Gasteiger partial charge < -0.3 is 0 Å². The Hall–Kier alpha value is 1.21. The maximum atomic E-state index is 3.38. The van der Waals surface area contributed by atoms with E-state index < -0.39 is 0 Å². The predicted octanol–water partition coefficient (Wildman–Crippen LogP) is 3.58. The van der Waals surface area contributed by atoms with Gasteiger partial charge in [-0.2, -0.15) is 0 Å². The molecule has 0 unspecified atom stereocenters. The zero-order chi connectivity index (χ0) is 5.54. The van der Waals surface area contributed by atoms with Crippen LogP contribution in [0.1, 0.15) is 32.6 Å². The van der Waals surface area contributed by atoms with Crippen molar-refractivity contribution < 1.29 is 0 Å². The minimum absolute atomic E-state index is 0. The van der Waals surface area contributed by atoms with E-state index in [1.54, 1.807) is 0 Å². The molecule has 0 aromatic carbocycles. The molecule has 0 saturated carbocycles. The minimum Gasteiger partial charge on any atom is -0.107 e. The second-order valence-electron chi connectivity index (χ2n) is 1.75. The lowest BCUT2D eigenvalue weighted by molar-refractivity contribution is 0.708. The first-order valence-electron chi connectivity index (χ1n) is 2.97. The third kappa shape index (κ3) is 10.2. The SMILES string of the molecule is CCCCCCBr.I. The molecule has 52 valence electrons. The van der Waals surface area contributed by atoms with Gasteiger partial charge in [0.15, 0.2) is 0 Å². The summed E-state index contributed by atoms with van der Waals surface area (Å²) < 4.78 is 0. The van der Waals surface area contributed by atoms with Crippen LogP contribution in [-0.4, -0.2) is 5.33 Å². The molecule has 0 aliphatic rings. The molecule has 0 amide bonds. The number of hydrogen-bond acceptors (Lipinski definition) is 0. The molecule has 8 heavy (non-hydrogen) atoms. The fraction of sp³-hybridized carbons (Fsp3) is 1.00. The minimum atomic E-state index is 0. The third-order valence-corrected chi connectivity index (χ3v) is 1.55. The van der Waals surface area contributed by atoms with E-state index in [1.165, 1.54) is 31.0 Å². The van der Waals surface area contributed by atoms with E-state index in [0.29, 0.717) is 0 Å². The molecule has 0 spiro atoms. The Kier molecular flexibility index (Phi) is 16.5. The standard InChI is InChI=1S/C6H13Br.HI/c1-2-3-4-5-6-7;/h2-6H2,1H3;1H. The van der Waals surface area contributed by atoms with Crippen molar-refractivity contribution >= 4 is 39.9 Å². The monoisotopic (exact) mass is 292 g/mol. The smallest absolute Gasteiger partial charge is 0.00313 e. The van der Waals surface area contributed by atoms with Crippen molar-refractivity contribution in [2.24, 2.45) is 0 Å². The molecule has 0 nitrogen and oxygen atoms in total. The lowest BCUT2D eigenvalue weighted by Crippen LogP contribution is -1.73. The highest BCUT2D eigenvalue weighted by Gasteiger charge is 1.81. The Bertz CT molecular complexity index is 27.7. The van der Waals surface area contributed by atoms with Crippen molar-refractivity contribution in [2.75, 3.05) is 5.33 Å². The Morgan fingerprint density at radius 3 is 2.12 bits per heavy atom. The molecule has 0 rings (SSSR count). The van der Waals surface area contributed by atoms with E-state index in [4.69, 9.17) is 0 Å². The molecule has 0 radical (unpaired) electrons. The normalized spacial score (nSPS) is 8.25. The molecule has 0 atom stereocenters. The van der Waals surface area contributed by atoms with Crippen molar-refractivity contribution in [3.63, 3.8) is 0 Å². The fourth-order valence-electron chi connectivity index (χ4n) is 0.521. The summed E-state index contributed by atoms with van der Waals surface area (Å²) in [6, 6.07) is 0. The van der Waals surface area contributed by atoms with Crippen LogP contribution in [0.2, 0.25) is 0 Å². The van der Waals surface area contributed by atoms with Gasteiger partial charge in [-0.15, -0.1) is 24.0 Å². The van der Waals surface area contributed by atoms with Crippen LogP contribution in [0.15, 0.2) is 0 Å².